The molecule has 0 aliphatic heterocycles. The molecule has 21 heavy (non-hydrogen) atoms. The molecule has 0 aliphatic rings. The molecule has 0 saturated heterocycles. The molecule has 1 heterocycles. The van der Waals surface area contributed by atoms with Crippen LogP contribution in [0.25, 0.3) is 0 Å². The van der Waals surface area contributed by atoms with Crippen LogP contribution >= 0.6 is 15.2 Å². The third kappa shape index (κ3) is 7.27. The fourth-order valence-electron chi connectivity index (χ4n) is 1.33. The van der Waals surface area contributed by atoms with Crippen molar-refractivity contribution in [1.82, 2.24) is 4.98 Å². The summed E-state index contributed by atoms with van der Waals surface area (Å²) in [7, 11) is -11.9. The van der Waals surface area contributed by atoms with Crippen molar-refractivity contribution in [3.05, 3.63) is 30.1 Å². The minimum absolute atomic E-state index is 0. The van der Waals surface area contributed by atoms with Crippen LogP contribution in [0.5, 0.6) is 0 Å². The zero-order valence-electron chi connectivity index (χ0n) is 12.3. The average Bonchev–Trinajstić information content (AvgIpc) is 2.16. The van der Waals surface area contributed by atoms with Crippen molar-refractivity contribution in [2.45, 2.75) is 4.90 Å². The van der Waals surface area contributed by atoms with Gasteiger partial charge in [-0.25, -0.2) is 0 Å². The Morgan fingerprint density at radius 3 is 1.71 bits per heavy atom. The van der Waals surface area contributed by atoms with Gasteiger partial charge in [0.15, 0.2) is 0 Å². The van der Waals surface area contributed by atoms with Gasteiger partial charge in [0.05, 0.1) is 11.5 Å². The zero-order chi connectivity index (χ0) is 13.3. The number of aliphatic hydroxyl groups is 1. The molecule has 1 N–H and O–H groups in total. The quantitative estimate of drug-likeness (QED) is 0.403. The van der Waals surface area contributed by atoms with Crippen LogP contribution in [0.15, 0.2) is 24.5 Å². The van der Waals surface area contributed by atoms with Crippen molar-refractivity contribution in [3.8, 4) is 0 Å². The van der Waals surface area contributed by atoms with Crippen LogP contribution in [0.2, 0.25) is 0 Å². The Hall–Kier alpha value is 3.41. The molecule has 0 aliphatic carbocycles. The first kappa shape index (κ1) is 32.1. The van der Waals surface area contributed by atoms with E-state index in [2.05, 4.69) is 4.98 Å². The summed E-state index contributed by atoms with van der Waals surface area (Å²) in [5.74, 6) is 0. The largest absolute Gasteiger partial charge is 1.00 e. The van der Waals surface area contributed by atoms with Crippen LogP contribution in [0, 0.1) is 0 Å². The minimum atomic E-state index is -5.93. The van der Waals surface area contributed by atoms with Gasteiger partial charge in [0.1, 0.15) is 0 Å². The molecular weight excluding hydrogens is 364 g/mol. The van der Waals surface area contributed by atoms with E-state index in [0.29, 0.717) is 0 Å². The summed E-state index contributed by atoms with van der Waals surface area (Å²) in [6.07, 6.45) is 1.92. The fraction of sp³-hybridized carbons (Fsp3) is 0.286. The van der Waals surface area contributed by atoms with Crippen LogP contribution < -0.4 is 138 Å². The second-order valence-corrected chi connectivity index (χ2v) is 7.08. The number of aromatic nitrogens is 1. The standard InChI is InChI=1S/C7H11NO7P2.4Na/c9-5-7(16(10,11)12,17(13,14)15)6-2-1-3-8-4-6;;;;/h1-4,9H,5H2,(H2,10,11,12)(H2,13,14,15);;;;/q;4*+1/p-4. The molecule has 96 valence electrons. The minimum Gasteiger partial charge on any atom is -0.810 e. The molecule has 1 aromatic heterocycles. The van der Waals surface area contributed by atoms with E-state index in [1.165, 1.54) is 6.20 Å². The van der Waals surface area contributed by atoms with Crippen molar-refractivity contribution in [2.75, 3.05) is 6.61 Å². The molecule has 0 saturated carbocycles. The van der Waals surface area contributed by atoms with Gasteiger partial charge in [0.2, 0.25) is 0 Å². The number of aliphatic hydroxyl groups excluding tert-OH is 1. The average molecular weight is 371 g/mol. The molecular formula is C7H7NNa4O7P2. The predicted octanol–water partition coefficient (Wildman–Crippen LogP) is -14.9. The maximum Gasteiger partial charge on any atom is 1.00 e. The molecule has 0 bridgehead atoms. The first-order chi connectivity index (χ1) is 7.67. The molecule has 14 heteroatoms. The second-order valence-electron chi connectivity index (χ2n) is 3.21. The van der Waals surface area contributed by atoms with Gasteiger partial charge in [-0.05, 0) is 26.8 Å². The normalized spacial score (nSPS) is 11.1. The monoisotopic (exact) mass is 371 g/mol. The Kier molecular flexibility index (Phi) is 19.4. The molecule has 0 atom stereocenters. The maximum atomic E-state index is 11.0. The first-order valence-corrected chi connectivity index (χ1v) is 7.31. The van der Waals surface area contributed by atoms with Gasteiger partial charge < -0.3 is 33.8 Å². The maximum absolute atomic E-state index is 11.0. The fourth-order valence-corrected chi connectivity index (χ4v) is 3.77. The zero-order valence-corrected chi connectivity index (χ0v) is 22.0. The summed E-state index contributed by atoms with van der Waals surface area (Å²) in [5.41, 5.74) is -0.663. The molecule has 0 aromatic carbocycles. The summed E-state index contributed by atoms with van der Waals surface area (Å²) >= 11 is 0. The molecule has 0 fully saturated rings. The number of nitrogens with zero attached hydrogens (tertiary/aromatic N) is 1. The van der Waals surface area contributed by atoms with E-state index in [-0.39, 0.29) is 118 Å². The Labute approximate surface area is 210 Å². The summed E-state index contributed by atoms with van der Waals surface area (Å²) in [4.78, 5) is 44.2. The van der Waals surface area contributed by atoms with E-state index in [1.54, 1.807) is 0 Å². The third-order valence-corrected chi connectivity index (χ3v) is 6.33. The van der Waals surface area contributed by atoms with Gasteiger partial charge in [-0.3, -0.25) is 4.98 Å². The molecule has 1 aromatic rings. The molecule has 0 spiro atoms. The topological polar surface area (TPSA) is 160 Å². The van der Waals surface area contributed by atoms with Crippen molar-refractivity contribution in [1.29, 1.82) is 0 Å². The molecule has 0 radical (unpaired) electrons. The van der Waals surface area contributed by atoms with Crippen LogP contribution in [-0.4, -0.2) is 16.7 Å². The van der Waals surface area contributed by atoms with Crippen molar-refractivity contribution in [2.24, 2.45) is 0 Å². The van der Waals surface area contributed by atoms with E-state index in [1.807, 2.05) is 0 Å². The molecule has 1 rings (SSSR count). The predicted molar refractivity (Wildman–Crippen MR) is 48.2 cm³/mol. The molecule has 8 nitrogen and oxygen atoms in total. The molecule has 0 amide bonds. The van der Waals surface area contributed by atoms with E-state index >= 15 is 0 Å². The Morgan fingerprint density at radius 2 is 1.48 bits per heavy atom. The number of hydrogen-bond donors (Lipinski definition) is 1. The summed E-state index contributed by atoms with van der Waals surface area (Å²) in [6, 6.07) is 2.07. The summed E-state index contributed by atoms with van der Waals surface area (Å²) in [6.45, 7) is -1.65. The van der Waals surface area contributed by atoms with Crippen molar-refractivity contribution < 1.29 is 152 Å². The van der Waals surface area contributed by atoms with Gasteiger partial charge in [-0.15, -0.1) is 0 Å². The van der Waals surface area contributed by atoms with Crippen LogP contribution in [0.4, 0.5) is 0 Å². The second kappa shape index (κ2) is 12.7. The van der Waals surface area contributed by atoms with Gasteiger partial charge in [-0.1, -0.05) is 6.07 Å². The SMILES string of the molecule is O=P([O-])([O-])C(CO)(c1cccnc1)P(=O)([O-])[O-].[Na+].[Na+].[Na+].[Na+]. The van der Waals surface area contributed by atoms with Crippen LogP contribution in [0.3, 0.4) is 0 Å². The third-order valence-electron chi connectivity index (χ3n) is 2.25. The van der Waals surface area contributed by atoms with E-state index in [0.717, 1.165) is 18.3 Å². The van der Waals surface area contributed by atoms with E-state index in [4.69, 9.17) is 5.11 Å². The Bertz CT molecular complexity index is 471. The van der Waals surface area contributed by atoms with Gasteiger partial charge in [0.25, 0.3) is 0 Å². The van der Waals surface area contributed by atoms with E-state index < -0.39 is 32.3 Å². The number of hydrogen-bond acceptors (Lipinski definition) is 8. The van der Waals surface area contributed by atoms with Crippen molar-refractivity contribution >= 4 is 15.2 Å². The van der Waals surface area contributed by atoms with Crippen molar-refractivity contribution in [3.63, 3.8) is 0 Å². The Morgan fingerprint density at radius 1 is 1.05 bits per heavy atom. The van der Waals surface area contributed by atoms with Gasteiger partial charge in [0, 0.05) is 12.4 Å². The Balaban J connectivity index is -0.000000361. The van der Waals surface area contributed by atoms with Gasteiger partial charge in [-0.2, -0.15) is 0 Å². The van der Waals surface area contributed by atoms with E-state index in [9.17, 15) is 28.7 Å². The van der Waals surface area contributed by atoms with Crippen LogP contribution in [-0.2, 0) is 14.0 Å². The summed E-state index contributed by atoms with van der Waals surface area (Å²) in [5, 5.41) is 8.93. The van der Waals surface area contributed by atoms with Crippen LogP contribution in [0.1, 0.15) is 5.56 Å². The molecule has 0 unspecified atom stereocenters. The van der Waals surface area contributed by atoms with Gasteiger partial charge >= 0.3 is 118 Å². The number of pyridine rings is 1. The smallest absolute Gasteiger partial charge is 0.810 e. The first-order valence-electron chi connectivity index (χ1n) is 4.22. The summed E-state index contributed by atoms with van der Waals surface area (Å²) < 4.78 is 22.1. The number of rotatable bonds is 4.